The SMILES string of the molecule is CC1(C)c2ccccc2-c2c1ccc1c2ccc2ccc3cc(N(c4ccccc4)c4cccc5c4oc4ccccc45)ccc3c21.c1ccc(-c2cccc(N(c3ccccc3)c3ccc4c(ccc5ccc6c(ccc7c8ccccc8oc76)c54)c3)c2)cc1.c1ccc(-c2cccc(N(c3ccccc3)c3ccc4c(ccc5ccc6c(ccc7c8ccccc8sc76)c54)c3)c2)cc1. The lowest BCUT2D eigenvalue weighted by Crippen LogP contribution is -2.14. The normalized spacial score (nSPS) is 12.3. The van der Waals surface area contributed by atoms with Gasteiger partial charge in [-0.1, -0.05) is 360 Å². The Morgan fingerprint density at radius 3 is 1.10 bits per heavy atom. The fourth-order valence-electron chi connectivity index (χ4n) is 21.7. The van der Waals surface area contributed by atoms with Crippen LogP contribution in [0, 0.1) is 0 Å². The Morgan fingerprint density at radius 2 is 0.548 bits per heavy atom. The van der Waals surface area contributed by atoms with Crippen molar-refractivity contribution in [3.05, 3.63) is 490 Å². The summed E-state index contributed by atoms with van der Waals surface area (Å²) >= 11 is 1.90. The molecule has 0 unspecified atom stereocenters. The van der Waals surface area contributed by atoms with Gasteiger partial charge in [0.1, 0.15) is 16.7 Å². The quantitative estimate of drug-likeness (QED) is 0.121. The maximum absolute atomic E-state index is 6.54. The van der Waals surface area contributed by atoms with Crippen LogP contribution < -0.4 is 14.7 Å². The fourth-order valence-corrected chi connectivity index (χ4v) is 23.0. The number of para-hydroxylation sites is 6. The van der Waals surface area contributed by atoms with Crippen molar-refractivity contribution in [3.63, 3.8) is 0 Å². The zero-order chi connectivity index (χ0) is 89.4. The number of hydrogen-bond acceptors (Lipinski definition) is 6. The molecule has 0 saturated heterocycles. The lowest BCUT2D eigenvalue weighted by molar-refractivity contribution is 0.661. The van der Waals surface area contributed by atoms with Crippen molar-refractivity contribution in [2.24, 2.45) is 0 Å². The van der Waals surface area contributed by atoms with Crippen molar-refractivity contribution in [3.8, 4) is 33.4 Å². The van der Waals surface area contributed by atoms with Gasteiger partial charge in [0.2, 0.25) is 0 Å². The lowest BCUT2D eigenvalue weighted by atomic mass is 9.82. The second kappa shape index (κ2) is 32.1. The van der Waals surface area contributed by atoms with Crippen LogP contribution in [0.15, 0.2) is 488 Å². The Hall–Kier alpha value is -17.2. The predicted octanol–water partition coefficient (Wildman–Crippen LogP) is 37.7. The first-order valence-corrected chi connectivity index (χ1v) is 47.2. The van der Waals surface area contributed by atoms with E-state index >= 15 is 0 Å². The fraction of sp³-hybridized carbons (Fsp3) is 0.0233. The maximum atomic E-state index is 6.54. The van der Waals surface area contributed by atoms with Crippen LogP contribution in [0.1, 0.15) is 25.0 Å². The molecule has 135 heavy (non-hydrogen) atoms. The summed E-state index contributed by atoms with van der Waals surface area (Å²) in [5.41, 5.74) is 24.0. The van der Waals surface area contributed by atoms with Crippen LogP contribution in [0.5, 0.6) is 0 Å². The Bertz CT molecular complexity index is 9080. The number of thiophene rings is 1. The molecule has 0 spiro atoms. The van der Waals surface area contributed by atoms with Crippen LogP contribution >= 0.6 is 11.3 Å². The highest BCUT2D eigenvalue weighted by Gasteiger charge is 2.37. The maximum Gasteiger partial charge on any atom is 0.159 e. The summed E-state index contributed by atoms with van der Waals surface area (Å²) in [6.07, 6.45) is 0. The minimum atomic E-state index is -0.0215. The molecule has 6 heteroatoms. The van der Waals surface area contributed by atoms with E-state index < -0.39 is 0 Å². The van der Waals surface area contributed by atoms with Crippen LogP contribution in [0.2, 0.25) is 0 Å². The molecule has 0 amide bonds. The van der Waals surface area contributed by atoms with E-state index in [0.717, 1.165) is 100 Å². The van der Waals surface area contributed by atoms with E-state index in [1.165, 1.54) is 156 Å². The predicted molar refractivity (Wildman–Crippen MR) is 577 cm³/mol. The summed E-state index contributed by atoms with van der Waals surface area (Å²) in [5.74, 6) is 0. The average molecular weight is 1740 g/mol. The van der Waals surface area contributed by atoms with E-state index in [2.05, 4.69) is 484 Å². The van der Waals surface area contributed by atoms with Gasteiger partial charge in [0.05, 0.1) is 5.69 Å². The van der Waals surface area contributed by atoms with E-state index in [1.807, 2.05) is 35.6 Å². The number of nitrogens with zero attached hydrogens (tertiary/aromatic N) is 3. The molecular formula is C129H85N3O2S. The second-order valence-electron chi connectivity index (χ2n) is 36.0. The smallest absolute Gasteiger partial charge is 0.159 e. The van der Waals surface area contributed by atoms with Gasteiger partial charge in [-0.25, -0.2) is 0 Å². The molecule has 3 aromatic heterocycles. The largest absolute Gasteiger partial charge is 0.455 e. The Balaban J connectivity index is 0.000000105. The van der Waals surface area contributed by atoms with Crippen LogP contribution in [-0.4, -0.2) is 0 Å². The first-order chi connectivity index (χ1) is 66.7. The van der Waals surface area contributed by atoms with Crippen LogP contribution in [-0.2, 0) is 5.41 Å². The highest BCUT2D eigenvalue weighted by molar-refractivity contribution is 7.26. The first-order valence-electron chi connectivity index (χ1n) is 46.4. The summed E-state index contributed by atoms with van der Waals surface area (Å²) in [5, 5.41) is 29.9. The molecule has 0 atom stereocenters. The highest BCUT2D eigenvalue weighted by Crippen LogP contribution is 2.54. The number of furan rings is 2. The van der Waals surface area contributed by atoms with Gasteiger partial charge in [0, 0.05) is 103 Å². The summed E-state index contributed by atoms with van der Waals surface area (Å²) in [6, 6.07) is 173. The number of fused-ring (bicyclic) bond motifs is 30. The Labute approximate surface area is 784 Å². The Kier molecular flexibility index (Phi) is 18.8. The molecule has 0 fully saturated rings. The van der Waals surface area contributed by atoms with Gasteiger partial charge in [-0.3, -0.25) is 0 Å². The van der Waals surface area contributed by atoms with Crippen molar-refractivity contribution in [2.75, 3.05) is 14.7 Å². The van der Waals surface area contributed by atoms with E-state index in [-0.39, 0.29) is 5.41 Å². The van der Waals surface area contributed by atoms with Gasteiger partial charge >= 0.3 is 0 Å². The van der Waals surface area contributed by atoms with Crippen molar-refractivity contribution in [1.82, 2.24) is 0 Å². The minimum absolute atomic E-state index is 0.0215. The van der Waals surface area contributed by atoms with Gasteiger partial charge in [0.25, 0.3) is 0 Å². The molecule has 0 radical (unpaired) electrons. The van der Waals surface area contributed by atoms with E-state index in [0.29, 0.717) is 0 Å². The molecule has 0 bridgehead atoms. The third kappa shape index (κ3) is 13.3. The van der Waals surface area contributed by atoms with Crippen molar-refractivity contribution in [2.45, 2.75) is 19.3 Å². The monoisotopic (exact) mass is 1740 g/mol. The molecule has 27 aromatic rings. The molecule has 28 rings (SSSR count). The zero-order valence-corrected chi connectivity index (χ0v) is 75.0. The van der Waals surface area contributed by atoms with E-state index in [1.54, 1.807) is 0 Å². The summed E-state index contributed by atoms with van der Waals surface area (Å²) in [4.78, 5) is 7.03. The van der Waals surface area contributed by atoms with Crippen molar-refractivity contribution < 1.29 is 8.83 Å². The first kappa shape index (κ1) is 78.8. The molecule has 24 aromatic carbocycles. The van der Waals surface area contributed by atoms with Gasteiger partial charge < -0.3 is 23.5 Å². The molecule has 1 aliphatic rings. The topological polar surface area (TPSA) is 36.0 Å². The minimum Gasteiger partial charge on any atom is -0.455 e. The van der Waals surface area contributed by atoms with E-state index in [4.69, 9.17) is 8.83 Å². The third-order valence-corrected chi connectivity index (χ3v) is 29.2. The van der Waals surface area contributed by atoms with E-state index in [9.17, 15) is 0 Å². The molecule has 0 saturated carbocycles. The highest BCUT2D eigenvalue weighted by atomic mass is 32.1. The van der Waals surface area contributed by atoms with Crippen LogP contribution in [0.4, 0.5) is 51.2 Å². The molecule has 0 aliphatic heterocycles. The molecule has 0 N–H and O–H groups in total. The standard InChI is InChI=1S/C45H31NO.C42H27NO.C42H27NS/c1-45(2)38-16-8-6-14-37(38)43-35-23-21-28-19-20-29-27-31(22-24-32(29)42(28)34(35)25-26-39(43)45)46(30-11-4-3-5-12-30)40-17-10-15-36-33-13-7-9-18-41(33)47-44(36)40;2*1-3-10-28(11-4-1)30-12-9-15-33(26-30)43(32-13-5-2-6-14-32)34-21-23-35-31(27-34)19-18-29-20-22-39-37(41(29)35)24-25-38-36-16-7-8-17-40(36)44-42(38)39/h3-27H,1-2H3;2*1-27H. The van der Waals surface area contributed by atoms with Crippen molar-refractivity contribution >= 4 is 224 Å². The van der Waals surface area contributed by atoms with Gasteiger partial charge in [0.15, 0.2) is 5.58 Å². The molecule has 634 valence electrons. The number of rotatable bonds is 11. The van der Waals surface area contributed by atoms with Gasteiger partial charge in [-0.05, 0) is 264 Å². The van der Waals surface area contributed by atoms with Gasteiger partial charge in [-0.15, -0.1) is 11.3 Å². The zero-order valence-electron chi connectivity index (χ0n) is 74.2. The summed E-state index contributed by atoms with van der Waals surface area (Å²) in [6.45, 7) is 4.71. The molecule has 1 aliphatic carbocycles. The molecule has 5 nitrogen and oxygen atoms in total. The Morgan fingerprint density at radius 1 is 0.207 bits per heavy atom. The molecule has 3 heterocycles. The number of hydrogen-bond donors (Lipinski definition) is 0. The number of benzene rings is 24. The van der Waals surface area contributed by atoms with Gasteiger partial charge in [-0.2, -0.15) is 0 Å². The average Bonchev–Trinajstić information content (AvgIpc) is 1.75. The second-order valence-corrected chi connectivity index (χ2v) is 37.1. The van der Waals surface area contributed by atoms with Crippen LogP contribution in [0.25, 0.3) is 194 Å². The van der Waals surface area contributed by atoms with Crippen molar-refractivity contribution in [1.29, 1.82) is 0 Å². The third-order valence-electron chi connectivity index (χ3n) is 28.0. The number of anilines is 9. The summed E-state index contributed by atoms with van der Waals surface area (Å²) in [7, 11) is 0. The summed E-state index contributed by atoms with van der Waals surface area (Å²) < 4.78 is 15.7. The van der Waals surface area contributed by atoms with Crippen LogP contribution in [0.3, 0.4) is 0 Å². The lowest BCUT2D eigenvalue weighted by Gasteiger charge is -2.26. The molecular weight excluding hydrogens is 1660 g/mol.